The predicted octanol–water partition coefficient (Wildman–Crippen LogP) is 3.06. The van der Waals surface area contributed by atoms with Gasteiger partial charge in [-0.05, 0) is 19.4 Å². The quantitative estimate of drug-likeness (QED) is 0.567. The largest absolute Gasteiger partial charge is 0.346 e. The molecule has 0 unspecified atom stereocenters. The van der Waals surface area contributed by atoms with Gasteiger partial charge in [0.25, 0.3) is 0 Å². The smallest absolute Gasteiger partial charge is 0.185 e. The molecule has 0 aromatic carbocycles. The third-order valence-electron chi connectivity index (χ3n) is 3.42. The maximum Gasteiger partial charge on any atom is 0.185 e. The van der Waals surface area contributed by atoms with Crippen molar-refractivity contribution < 1.29 is 0 Å². The van der Waals surface area contributed by atoms with Crippen LogP contribution >= 0.6 is 22.9 Å². The molecule has 1 aromatic heterocycles. The highest BCUT2D eigenvalue weighted by Crippen LogP contribution is 2.19. The van der Waals surface area contributed by atoms with Gasteiger partial charge >= 0.3 is 0 Å². The molecule has 2 heterocycles. The van der Waals surface area contributed by atoms with Crippen LogP contribution in [0.25, 0.3) is 0 Å². The Labute approximate surface area is 119 Å². The lowest BCUT2D eigenvalue weighted by Crippen LogP contribution is -2.46. The van der Waals surface area contributed by atoms with E-state index < -0.39 is 0 Å². The summed E-state index contributed by atoms with van der Waals surface area (Å²) >= 11 is 7.41. The SMILES string of the molecule is ClCCCCCCN1CCN(c2nccs2)CC1. The van der Waals surface area contributed by atoms with Gasteiger partial charge in [0, 0.05) is 43.6 Å². The second-order valence-corrected chi connectivity index (χ2v) is 6.00. The number of unbranched alkanes of at least 4 members (excludes halogenated alkanes) is 3. The van der Waals surface area contributed by atoms with Crippen molar-refractivity contribution in [2.45, 2.75) is 25.7 Å². The van der Waals surface area contributed by atoms with E-state index in [2.05, 4.69) is 20.2 Å². The number of thiazole rings is 1. The van der Waals surface area contributed by atoms with Crippen molar-refractivity contribution in [1.82, 2.24) is 9.88 Å². The minimum Gasteiger partial charge on any atom is -0.346 e. The van der Waals surface area contributed by atoms with Crippen LogP contribution in [0.4, 0.5) is 5.13 Å². The molecule has 1 fully saturated rings. The molecule has 0 bridgehead atoms. The Morgan fingerprint density at radius 3 is 2.56 bits per heavy atom. The third-order valence-corrected chi connectivity index (χ3v) is 4.52. The van der Waals surface area contributed by atoms with Crippen molar-refractivity contribution in [1.29, 1.82) is 0 Å². The Bertz CT molecular complexity index is 310. The van der Waals surface area contributed by atoms with Crippen molar-refractivity contribution in [2.24, 2.45) is 0 Å². The first kappa shape index (κ1) is 14.1. The van der Waals surface area contributed by atoms with Gasteiger partial charge in [0.05, 0.1) is 0 Å². The molecular formula is C13H22ClN3S. The minimum atomic E-state index is 0.812. The first-order valence-corrected chi connectivity index (χ1v) is 8.24. The van der Waals surface area contributed by atoms with Crippen LogP contribution in [0.3, 0.4) is 0 Å². The summed E-state index contributed by atoms with van der Waals surface area (Å²) < 4.78 is 0. The highest BCUT2D eigenvalue weighted by molar-refractivity contribution is 7.13. The highest BCUT2D eigenvalue weighted by Gasteiger charge is 2.17. The lowest BCUT2D eigenvalue weighted by molar-refractivity contribution is 0.252. The van der Waals surface area contributed by atoms with Gasteiger partial charge in [0.2, 0.25) is 0 Å². The van der Waals surface area contributed by atoms with Crippen LogP contribution in [-0.4, -0.2) is 48.5 Å². The molecule has 0 spiro atoms. The first-order chi connectivity index (χ1) is 8.90. The molecule has 18 heavy (non-hydrogen) atoms. The molecular weight excluding hydrogens is 266 g/mol. The summed E-state index contributed by atoms with van der Waals surface area (Å²) in [5, 5.41) is 3.23. The minimum absolute atomic E-state index is 0.812. The van der Waals surface area contributed by atoms with Gasteiger partial charge in [0.15, 0.2) is 5.13 Å². The van der Waals surface area contributed by atoms with Crippen molar-refractivity contribution in [3.8, 4) is 0 Å². The Balaban J connectivity index is 1.59. The van der Waals surface area contributed by atoms with E-state index in [-0.39, 0.29) is 0 Å². The molecule has 5 heteroatoms. The van der Waals surface area contributed by atoms with E-state index in [4.69, 9.17) is 11.6 Å². The molecule has 102 valence electrons. The summed E-state index contributed by atoms with van der Waals surface area (Å²) in [4.78, 5) is 9.35. The summed E-state index contributed by atoms with van der Waals surface area (Å²) in [7, 11) is 0. The summed E-state index contributed by atoms with van der Waals surface area (Å²) in [6, 6.07) is 0. The number of aromatic nitrogens is 1. The van der Waals surface area contributed by atoms with Crippen LogP contribution in [0.5, 0.6) is 0 Å². The Morgan fingerprint density at radius 2 is 1.89 bits per heavy atom. The van der Waals surface area contributed by atoms with Crippen LogP contribution < -0.4 is 4.90 Å². The summed E-state index contributed by atoms with van der Waals surface area (Å²) in [5.41, 5.74) is 0. The normalized spacial score (nSPS) is 17.3. The molecule has 1 aromatic rings. The van der Waals surface area contributed by atoms with Gasteiger partial charge < -0.3 is 4.90 Å². The van der Waals surface area contributed by atoms with E-state index in [0.717, 1.165) is 19.0 Å². The second-order valence-electron chi connectivity index (χ2n) is 4.75. The Kier molecular flexibility index (Phi) is 6.24. The van der Waals surface area contributed by atoms with Crippen LogP contribution in [0.15, 0.2) is 11.6 Å². The average Bonchev–Trinajstić information content (AvgIpc) is 2.93. The van der Waals surface area contributed by atoms with Gasteiger partial charge in [0.1, 0.15) is 0 Å². The topological polar surface area (TPSA) is 19.4 Å². The van der Waals surface area contributed by atoms with Crippen LogP contribution in [0, 0.1) is 0 Å². The fourth-order valence-electron chi connectivity index (χ4n) is 2.32. The molecule has 2 rings (SSSR count). The van der Waals surface area contributed by atoms with Crippen LogP contribution in [-0.2, 0) is 0 Å². The molecule has 1 aliphatic rings. The van der Waals surface area contributed by atoms with Crippen molar-refractivity contribution in [3.63, 3.8) is 0 Å². The zero-order valence-corrected chi connectivity index (χ0v) is 12.4. The zero-order valence-electron chi connectivity index (χ0n) is 10.9. The Morgan fingerprint density at radius 1 is 1.11 bits per heavy atom. The number of nitrogens with zero attached hydrogens (tertiary/aromatic N) is 3. The van der Waals surface area contributed by atoms with Crippen molar-refractivity contribution in [3.05, 3.63) is 11.6 Å². The number of hydrogen-bond donors (Lipinski definition) is 0. The van der Waals surface area contributed by atoms with E-state index >= 15 is 0 Å². The van der Waals surface area contributed by atoms with Crippen LogP contribution in [0.1, 0.15) is 25.7 Å². The predicted molar refractivity (Wildman–Crippen MR) is 80.0 cm³/mol. The van der Waals surface area contributed by atoms with Crippen molar-refractivity contribution >= 4 is 28.1 Å². The highest BCUT2D eigenvalue weighted by atomic mass is 35.5. The van der Waals surface area contributed by atoms with Crippen LogP contribution in [0.2, 0.25) is 0 Å². The third kappa shape index (κ3) is 4.41. The standard InChI is InChI=1S/C13H22ClN3S/c14-5-3-1-2-4-7-16-8-10-17(11-9-16)13-15-6-12-18-13/h6,12H,1-5,7-11H2. The monoisotopic (exact) mass is 287 g/mol. The number of alkyl halides is 1. The average molecular weight is 288 g/mol. The van der Waals surface area contributed by atoms with Gasteiger partial charge in [-0.2, -0.15) is 0 Å². The first-order valence-electron chi connectivity index (χ1n) is 6.83. The zero-order chi connectivity index (χ0) is 12.6. The van der Waals surface area contributed by atoms with Gasteiger partial charge in [-0.15, -0.1) is 22.9 Å². The van der Waals surface area contributed by atoms with E-state index in [0.29, 0.717) is 0 Å². The molecule has 0 saturated carbocycles. The fraction of sp³-hybridized carbons (Fsp3) is 0.769. The molecule has 1 aliphatic heterocycles. The molecule has 0 radical (unpaired) electrons. The van der Waals surface area contributed by atoms with E-state index in [1.165, 1.54) is 50.4 Å². The van der Waals surface area contributed by atoms with E-state index in [9.17, 15) is 0 Å². The van der Waals surface area contributed by atoms with Crippen molar-refractivity contribution in [2.75, 3.05) is 43.5 Å². The van der Waals surface area contributed by atoms with E-state index in [1.54, 1.807) is 11.3 Å². The number of rotatable bonds is 7. The lowest BCUT2D eigenvalue weighted by atomic mass is 10.2. The van der Waals surface area contributed by atoms with Gasteiger partial charge in [-0.25, -0.2) is 4.98 Å². The second kappa shape index (κ2) is 7.97. The maximum absolute atomic E-state index is 5.67. The summed E-state index contributed by atoms with van der Waals surface area (Å²) in [5.74, 6) is 0.812. The molecule has 3 nitrogen and oxygen atoms in total. The number of halogens is 1. The van der Waals surface area contributed by atoms with E-state index in [1.807, 2.05) is 6.20 Å². The van der Waals surface area contributed by atoms with Gasteiger partial charge in [-0.1, -0.05) is 12.8 Å². The molecule has 1 saturated heterocycles. The summed E-state index contributed by atoms with van der Waals surface area (Å²) in [6.45, 7) is 5.84. The maximum atomic E-state index is 5.67. The lowest BCUT2D eigenvalue weighted by Gasteiger charge is -2.34. The van der Waals surface area contributed by atoms with Gasteiger partial charge in [-0.3, -0.25) is 4.90 Å². The molecule has 0 atom stereocenters. The number of anilines is 1. The number of hydrogen-bond acceptors (Lipinski definition) is 4. The summed E-state index contributed by atoms with van der Waals surface area (Å²) in [6.07, 6.45) is 6.97. The molecule has 0 aliphatic carbocycles. The molecule has 0 amide bonds. The number of piperazine rings is 1. The molecule has 0 N–H and O–H groups in total. The fourth-order valence-corrected chi connectivity index (χ4v) is 3.20. The Hall–Kier alpha value is -0.320.